The highest BCUT2D eigenvalue weighted by molar-refractivity contribution is 7.80. The summed E-state index contributed by atoms with van der Waals surface area (Å²) in [5, 5.41) is 26.7. The van der Waals surface area contributed by atoms with Crippen molar-refractivity contribution in [3.8, 4) is 0 Å². The number of nitrogens with two attached hydrogens (primary N) is 1. The largest absolute Gasteiger partial charge is 0.480 e. The summed E-state index contributed by atoms with van der Waals surface area (Å²) in [5.41, 5.74) is 9.34. The first-order valence-electron chi connectivity index (χ1n) is 21.4. The lowest BCUT2D eigenvalue weighted by atomic mass is 10.0. The molecule has 2 aromatic heterocycles. The second-order valence-corrected chi connectivity index (χ2v) is 15.9. The molecule has 0 aliphatic carbocycles. The number of nitrogens with one attached hydrogen (secondary N) is 8. The molecular formula is C46H57N9O8S. The second-order valence-electron chi connectivity index (χ2n) is 15.5. The number of rotatable bonds is 26. The molecule has 5 aromatic rings. The van der Waals surface area contributed by atoms with Crippen molar-refractivity contribution in [3.05, 3.63) is 108 Å². The van der Waals surface area contributed by atoms with Gasteiger partial charge < -0.3 is 52.7 Å². The van der Waals surface area contributed by atoms with Crippen molar-refractivity contribution in [2.45, 2.75) is 82.0 Å². The summed E-state index contributed by atoms with van der Waals surface area (Å²) < 4.78 is 0. The Morgan fingerprint density at radius 1 is 0.547 bits per heavy atom. The Bertz CT molecular complexity index is 2370. The van der Waals surface area contributed by atoms with Crippen LogP contribution in [0.1, 0.15) is 55.2 Å². The molecular weight excluding hydrogens is 839 g/mol. The monoisotopic (exact) mass is 895 g/mol. The summed E-state index contributed by atoms with van der Waals surface area (Å²) >= 11 is 3.96. The lowest BCUT2D eigenvalue weighted by molar-refractivity contribution is -0.141. The number of hydrogen-bond acceptors (Lipinski definition) is 9. The molecule has 0 saturated carbocycles. The minimum absolute atomic E-state index is 0.0153. The van der Waals surface area contributed by atoms with Crippen molar-refractivity contribution in [3.63, 3.8) is 0 Å². The Hall–Kier alpha value is -6.66. The highest BCUT2D eigenvalue weighted by atomic mass is 32.1. The van der Waals surface area contributed by atoms with Gasteiger partial charge in [-0.15, -0.1) is 0 Å². The van der Waals surface area contributed by atoms with E-state index in [4.69, 9.17) is 5.73 Å². The normalized spacial score (nSPS) is 13.0. The Balaban J connectivity index is 1.31. The number of H-pyrrole nitrogens is 2. The van der Waals surface area contributed by atoms with Gasteiger partial charge in [0.1, 0.15) is 24.2 Å². The van der Waals surface area contributed by atoms with Crippen molar-refractivity contribution in [1.29, 1.82) is 0 Å². The first-order chi connectivity index (χ1) is 30.9. The third kappa shape index (κ3) is 14.7. The molecule has 17 nitrogen and oxygen atoms in total. The van der Waals surface area contributed by atoms with E-state index in [9.17, 15) is 38.7 Å². The van der Waals surface area contributed by atoms with E-state index >= 15 is 0 Å². The van der Waals surface area contributed by atoms with Crippen molar-refractivity contribution < 1.29 is 38.7 Å². The van der Waals surface area contributed by atoms with Gasteiger partial charge in [0.05, 0.1) is 13.1 Å². The molecule has 6 amide bonds. The first kappa shape index (κ1) is 48.4. The Labute approximate surface area is 376 Å². The van der Waals surface area contributed by atoms with E-state index in [0.29, 0.717) is 24.1 Å². The quantitative estimate of drug-likeness (QED) is 0.0287. The van der Waals surface area contributed by atoms with E-state index in [1.165, 1.54) is 0 Å². The number of carbonyl (C=O) groups is 7. The van der Waals surface area contributed by atoms with Gasteiger partial charge in [-0.05, 0) is 48.2 Å². The number of aromatic nitrogens is 2. The molecule has 0 saturated heterocycles. The molecule has 1 unspecified atom stereocenters. The molecule has 64 heavy (non-hydrogen) atoms. The molecule has 4 atom stereocenters. The Morgan fingerprint density at radius 2 is 1.02 bits per heavy atom. The number of fused-ring (bicyclic) bond motifs is 2. The second kappa shape index (κ2) is 24.8. The van der Waals surface area contributed by atoms with Crippen LogP contribution in [0.25, 0.3) is 21.8 Å². The van der Waals surface area contributed by atoms with Crippen molar-refractivity contribution >= 4 is 75.8 Å². The summed E-state index contributed by atoms with van der Waals surface area (Å²) in [6.07, 6.45) is 8.18. The summed E-state index contributed by atoms with van der Waals surface area (Å²) in [7, 11) is 0. The number of amides is 6. The highest BCUT2D eigenvalue weighted by Crippen LogP contribution is 2.21. The number of carboxylic acids is 1. The maximum absolute atomic E-state index is 14.4. The van der Waals surface area contributed by atoms with Gasteiger partial charge in [-0.25, -0.2) is 4.79 Å². The fourth-order valence-electron chi connectivity index (χ4n) is 7.27. The van der Waals surface area contributed by atoms with E-state index in [2.05, 4.69) is 54.5 Å². The van der Waals surface area contributed by atoms with Gasteiger partial charge in [0, 0.05) is 65.6 Å². The molecule has 11 N–H and O–H groups in total. The van der Waals surface area contributed by atoms with Gasteiger partial charge >= 0.3 is 5.97 Å². The number of benzene rings is 3. The Morgan fingerprint density at radius 3 is 1.56 bits per heavy atom. The number of aromatic amines is 2. The van der Waals surface area contributed by atoms with Gasteiger partial charge in [-0.2, -0.15) is 12.6 Å². The third-order valence-corrected chi connectivity index (χ3v) is 11.1. The van der Waals surface area contributed by atoms with E-state index in [1.807, 2.05) is 78.9 Å². The van der Waals surface area contributed by atoms with Gasteiger partial charge in [0.15, 0.2) is 0 Å². The molecule has 0 aliphatic rings. The number of carboxylic acid groups (broad SMARTS) is 1. The predicted octanol–water partition coefficient (Wildman–Crippen LogP) is 2.16. The van der Waals surface area contributed by atoms with Crippen molar-refractivity contribution in [1.82, 2.24) is 41.9 Å². The number of hydrogen-bond donors (Lipinski definition) is 11. The zero-order valence-corrected chi connectivity index (χ0v) is 36.4. The zero-order valence-electron chi connectivity index (χ0n) is 35.5. The van der Waals surface area contributed by atoms with E-state index in [-0.39, 0.29) is 37.3 Å². The summed E-state index contributed by atoms with van der Waals surface area (Å²) in [4.78, 5) is 98.9. The molecule has 0 aliphatic heterocycles. The number of unbranched alkanes of at least 4 members (excludes halogenated alkanes) is 4. The van der Waals surface area contributed by atoms with Crippen LogP contribution in [0.2, 0.25) is 0 Å². The molecule has 2 heterocycles. The number of thiol groups is 1. The number of para-hydroxylation sites is 2. The maximum atomic E-state index is 14.4. The van der Waals surface area contributed by atoms with Crippen LogP contribution in [0.3, 0.4) is 0 Å². The van der Waals surface area contributed by atoms with E-state index < -0.39 is 72.8 Å². The minimum Gasteiger partial charge on any atom is -0.480 e. The SMILES string of the molecule is NCCCCCCCC(=O)N[C@@H](Cc1ccccc1)C(=O)NCC(=O)N[C@@H](Cc1c[nH]c2ccccc12)C(=O)N[C@@H](Cc1c[nH]c2ccccc12)C(=O)NCC(=O)NC(CS)C(=O)O. The summed E-state index contributed by atoms with van der Waals surface area (Å²) in [6.45, 7) is -0.498. The lowest BCUT2D eigenvalue weighted by Gasteiger charge is -2.24. The molecule has 340 valence electrons. The topological polar surface area (TPSA) is 269 Å². The van der Waals surface area contributed by atoms with E-state index in [1.54, 1.807) is 12.4 Å². The average molecular weight is 896 g/mol. The third-order valence-electron chi connectivity index (χ3n) is 10.7. The number of aliphatic carboxylic acids is 1. The summed E-state index contributed by atoms with van der Waals surface area (Å²) in [6, 6.07) is 19.2. The minimum atomic E-state index is -1.29. The summed E-state index contributed by atoms with van der Waals surface area (Å²) in [5.74, 6) is -5.30. The average Bonchev–Trinajstić information content (AvgIpc) is 3.90. The fourth-order valence-corrected chi connectivity index (χ4v) is 7.52. The fraction of sp³-hybridized carbons (Fsp3) is 0.370. The number of carbonyl (C=O) groups excluding carboxylic acids is 6. The van der Waals surface area contributed by atoms with Crippen molar-refractivity contribution in [2.75, 3.05) is 25.4 Å². The smallest absolute Gasteiger partial charge is 0.327 e. The molecule has 0 fully saturated rings. The van der Waals surface area contributed by atoms with Crippen molar-refractivity contribution in [2.24, 2.45) is 5.73 Å². The van der Waals surface area contributed by atoms with Crippen LogP contribution in [0, 0.1) is 0 Å². The first-order valence-corrected chi connectivity index (χ1v) is 22.0. The molecule has 0 spiro atoms. The molecule has 0 bridgehead atoms. The highest BCUT2D eigenvalue weighted by Gasteiger charge is 2.30. The molecule has 18 heteroatoms. The van der Waals surface area contributed by atoms with Crippen LogP contribution in [-0.4, -0.2) is 106 Å². The maximum Gasteiger partial charge on any atom is 0.327 e. The van der Waals surface area contributed by atoms with Crippen LogP contribution < -0.4 is 37.6 Å². The van der Waals surface area contributed by atoms with Crippen LogP contribution in [0.5, 0.6) is 0 Å². The van der Waals surface area contributed by atoms with E-state index in [0.717, 1.165) is 53.1 Å². The zero-order chi connectivity index (χ0) is 45.8. The van der Waals surface area contributed by atoms with Crippen LogP contribution in [-0.2, 0) is 52.8 Å². The van der Waals surface area contributed by atoms with Crippen LogP contribution in [0.15, 0.2) is 91.3 Å². The lowest BCUT2D eigenvalue weighted by Crippen LogP contribution is -2.57. The standard InChI is InChI=1S/C46H57N9O8S/c47-20-12-3-1-2-7-19-40(56)52-36(21-29-13-5-4-6-14-29)43(59)50-26-41(57)53-38(23-31-25-49-35-18-11-9-16-33(31)35)45(61)55-37(22-30-24-48-34-17-10-8-15-32(30)34)44(60)51-27-42(58)54-39(28-64)46(62)63/h4-6,8-11,13-18,24-25,36-39,48-49,64H,1-3,7,12,19-23,26-28,47H2,(H,50,59)(H,51,60)(H,52,56)(H,53,57)(H,54,58)(H,55,61)(H,62,63)/t36-,37-,38-,39?/m0/s1. The van der Waals surface area contributed by atoms with Gasteiger partial charge in [0.2, 0.25) is 35.4 Å². The predicted molar refractivity (Wildman–Crippen MR) is 246 cm³/mol. The van der Waals surface area contributed by atoms with Gasteiger partial charge in [-0.3, -0.25) is 28.8 Å². The molecule has 0 radical (unpaired) electrons. The molecule has 3 aromatic carbocycles. The van der Waals surface area contributed by atoms with Crippen LogP contribution >= 0.6 is 12.6 Å². The van der Waals surface area contributed by atoms with Crippen LogP contribution in [0.4, 0.5) is 0 Å². The molecule has 5 rings (SSSR count). The van der Waals surface area contributed by atoms with Gasteiger partial charge in [-0.1, -0.05) is 86.0 Å². The Kier molecular flexibility index (Phi) is 18.8. The van der Waals surface area contributed by atoms with Gasteiger partial charge in [0.25, 0.3) is 0 Å².